The van der Waals surface area contributed by atoms with Gasteiger partial charge in [-0.1, -0.05) is 46.5 Å². The van der Waals surface area contributed by atoms with Gasteiger partial charge in [0, 0.05) is 8.80 Å². The minimum absolute atomic E-state index is 0.180. The summed E-state index contributed by atoms with van der Waals surface area (Å²) < 4.78 is 0.634. The average molecular weight is 216 g/mol. The van der Waals surface area contributed by atoms with E-state index in [1.165, 1.54) is 12.2 Å². The first-order valence-electron chi connectivity index (χ1n) is 5.27. The summed E-state index contributed by atoms with van der Waals surface area (Å²) in [5.41, 5.74) is 0. The van der Waals surface area contributed by atoms with E-state index in [-0.39, 0.29) is 8.80 Å². The molecule has 0 saturated carbocycles. The predicted octanol–water partition coefficient (Wildman–Crippen LogP) is 2.92. The molecule has 0 aliphatic rings. The van der Waals surface area contributed by atoms with Crippen LogP contribution in [0.1, 0.15) is 20.8 Å². The molecule has 1 radical (unpaired) electrons. The standard InChI is InChI=1S/C10H26NSi2/c1-8-13(7,9-11-4)10(2,3)12(5)6/h11H,8-9H2,1-7H3. The second-order valence-electron chi connectivity index (χ2n) is 5.07. The summed E-state index contributed by atoms with van der Waals surface area (Å²) >= 11 is 0. The zero-order valence-electron chi connectivity index (χ0n) is 10.4. The average Bonchev–Trinajstić information content (AvgIpc) is 2.04. The Morgan fingerprint density at radius 1 is 1.31 bits per heavy atom. The molecule has 0 aliphatic heterocycles. The van der Waals surface area contributed by atoms with E-state index in [1.54, 1.807) is 0 Å². The third-order valence-corrected chi connectivity index (χ3v) is 15.6. The summed E-state index contributed by atoms with van der Waals surface area (Å²) in [4.78, 5) is 0. The Morgan fingerprint density at radius 3 is 2.00 bits per heavy atom. The van der Waals surface area contributed by atoms with Gasteiger partial charge < -0.3 is 5.32 Å². The van der Waals surface area contributed by atoms with Gasteiger partial charge >= 0.3 is 0 Å². The van der Waals surface area contributed by atoms with Gasteiger partial charge in [-0.25, -0.2) is 0 Å². The van der Waals surface area contributed by atoms with Crippen LogP contribution in [-0.4, -0.2) is 30.1 Å². The van der Waals surface area contributed by atoms with E-state index < -0.39 is 8.07 Å². The van der Waals surface area contributed by atoms with E-state index in [2.05, 4.69) is 52.8 Å². The molecule has 1 unspecified atom stereocenters. The minimum atomic E-state index is -1.08. The molecule has 0 aromatic heterocycles. The maximum Gasteiger partial charge on any atom is 0.0681 e. The number of nitrogens with one attached hydrogen (secondary N) is 1. The molecule has 1 N–H and O–H groups in total. The van der Waals surface area contributed by atoms with Crippen LogP contribution in [0.3, 0.4) is 0 Å². The second-order valence-corrected chi connectivity index (χ2v) is 14.3. The first kappa shape index (κ1) is 13.4. The smallest absolute Gasteiger partial charge is 0.0681 e. The van der Waals surface area contributed by atoms with Crippen molar-refractivity contribution in [2.75, 3.05) is 13.2 Å². The molecule has 0 aromatic rings. The quantitative estimate of drug-likeness (QED) is 0.697. The first-order valence-corrected chi connectivity index (χ1v) is 10.7. The Labute approximate surface area is 86.9 Å². The molecule has 0 bridgehead atoms. The number of rotatable bonds is 5. The fraction of sp³-hybridized carbons (Fsp3) is 1.00. The lowest BCUT2D eigenvalue weighted by atomic mass is 10.5. The fourth-order valence-corrected chi connectivity index (χ4v) is 9.76. The molecule has 1 nitrogen and oxygen atoms in total. The van der Waals surface area contributed by atoms with Crippen molar-refractivity contribution in [2.24, 2.45) is 0 Å². The third-order valence-electron chi connectivity index (χ3n) is 4.11. The number of hydrogen-bond donors (Lipinski definition) is 1. The van der Waals surface area contributed by atoms with Gasteiger partial charge in [0.2, 0.25) is 0 Å². The van der Waals surface area contributed by atoms with Gasteiger partial charge in [0.1, 0.15) is 0 Å². The van der Waals surface area contributed by atoms with Crippen LogP contribution >= 0.6 is 0 Å². The highest BCUT2D eigenvalue weighted by molar-refractivity contribution is 6.93. The monoisotopic (exact) mass is 216 g/mol. The molecule has 0 heterocycles. The van der Waals surface area contributed by atoms with Crippen LogP contribution in [0.5, 0.6) is 0 Å². The minimum Gasteiger partial charge on any atom is -0.322 e. The SMILES string of the molecule is CC[Si](C)(CNC)C(C)(C)[Si](C)C. The Bertz CT molecular complexity index is 157. The largest absolute Gasteiger partial charge is 0.322 e. The van der Waals surface area contributed by atoms with E-state index >= 15 is 0 Å². The van der Waals surface area contributed by atoms with Crippen molar-refractivity contribution in [1.82, 2.24) is 5.32 Å². The van der Waals surface area contributed by atoms with Crippen molar-refractivity contribution in [1.29, 1.82) is 0 Å². The van der Waals surface area contributed by atoms with Crippen molar-refractivity contribution in [3.05, 3.63) is 0 Å². The molecule has 0 aromatic carbocycles. The van der Waals surface area contributed by atoms with E-state index in [0.717, 1.165) is 0 Å². The zero-order valence-corrected chi connectivity index (χ0v) is 12.4. The van der Waals surface area contributed by atoms with Crippen LogP contribution in [0.25, 0.3) is 0 Å². The Hall–Kier alpha value is 0.394. The normalized spacial score (nSPS) is 17.5. The molecule has 79 valence electrons. The lowest BCUT2D eigenvalue weighted by Gasteiger charge is -2.45. The summed E-state index contributed by atoms with van der Waals surface area (Å²) in [5.74, 6) is 0. The Balaban J connectivity index is 4.72. The molecular formula is C10H26NSi2. The molecule has 0 spiro atoms. The molecule has 0 saturated heterocycles. The maximum atomic E-state index is 3.40. The van der Waals surface area contributed by atoms with Gasteiger partial charge in [-0.05, 0) is 17.9 Å². The zero-order chi connectivity index (χ0) is 10.7. The van der Waals surface area contributed by atoms with Crippen LogP contribution < -0.4 is 5.32 Å². The highest BCUT2D eigenvalue weighted by Gasteiger charge is 2.43. The van der Waals surface area contributed by atoms with Gasteiger partial charge in [-0.2, -0.15) is 0 Å². The lowest BCUT2D eigenvalue weighted by Crippen LogP contribution is -2.54. The summed E-state index contributed by atoms with van der Waals surface area (Å²) in [5, 5.41) is 3.40. The van der Waals surface area contributed by atoms with Crippen LogP contribution in [0, 0.1) is 0 Å². The first-order chi connectivity index (χ1) is 5.81. The molecule has 0 fully saturated rings. The van der Waals surface area contributed by atoms with E-state index in [9.17, 15) is 0 Å². The van der Waals surface area contributed by atoms with Gasteiger partial charge in [-0.3, -0.25) is 0 Å². The van der Waals surface area contributed by atoms with E-state index in [0.29, 0.717) is 4.66 Å². The highest BCUT2D eigenvalue weighted by Crippen LogP contribution is 2.41. The topological polar surface area (TPSA) is 12.0 Å². The molecular weight excluding hydrogens is 190 g/mol. The van der Waals surface area contributed by atoms with Gasteiger partial charge in [-0.15, -0.1) is 0 Å². The molecule has 3 heteroatoms. The summed E-state index contributed by atoms with van der Waals surface area (Å²) in [6, 6.07) is 1.40. The summed E-state index contributed by atoms with van der Waals surface area (Å²) in [6.45, 7) is 14.8. The van der Waals surface area contributed by atoms with Crippen molar-refractivity contribution in [3.63, 3.8) is 0 Å². The molecule has 1 atom stereocenters. The molecule has 0 rings (SSSR count). The van der Waals surface area contributed by atoms with E-state index in [1.807, 2.05) is 0 Å². The van der Waals surface area contributed by atoms with Crippen LogP contribution in [0.15, 0.2) is 0 Å². The predicted molar refractivity (Wildman–Crippen MR) is 67.5 cm³/mol. The van der Waals surface area contributed by atoms with E-state index in [4.69, 9.17) is 0 Å². The summed E-state index contributed by atoms with van der Waals surface area (Å²) in [6.07, 6.45) is 1.27. The molecule has 0 amide bonds. The Morgan fingerprint density at radius 2 is 1.77 bits per heavy atom. The van der Waals surface area contributed by atoms with Crippen LogP contribution in [0.4, 0.5) is 0 Å². The van der Waals surface area contributed by atoms with Crippen LogP contribution in [-0.2, 0) is 0 Å². The Kier molecular flexibility index (Phi) is 4.90. The third kappa shape index (κ3) is 2.67. The summed E-state index contributed by atoms with van der Waals surface area (Å²) in [7, 11) is 0.832. The van der Waals surface area contributed by atoms with Gasteiger partial charge in [0.25, 0.3) is 0 Å². The van der Waals surface area contributed by atoms with Crippen molar-refractivity contribution in [3.8, 4) is 0 Å². The lowest BCUT2D eigenvalue weighted by molar-refractivity contribution is 0.816. The van der Waals surface area contributed by atoms with Crippen molar-refractivity contribution >= 4 is 16.9 Å². The number of hydrogen-bond acceptors (Lipinski definition) is 1. The molecule has 13 heavy (non-hydrogen) atoms. The second kappa shape index (κ2) is 4.76. The van der Waals surface area contributed by atoms with Crippen molar-refractivity contribution in [2.45, 2.75) is 51.1 Å². The van der Waals surface area contributed by atoms with Crippen LogP contribution in [0.2, 0.25) is 30.3 Å². The van der Waals surface area contributed by atoms with Crippen molar-refractivity contribution < 1.29 is 0 Å². The molecule has 0 aliphatic carbocycles. The highest BCUT2D eigenvalue weighted by atomic mass is 28.4. The van der Waals surface area contributed by atoms with Gasteiger partial charge in [0.15, 0.2) is 0 Å². The van der Waals surface area contributed by atoms with Gasteiger partial charge in [0.05, 0.1) is 8.07 Å². The fourth-order valence-electron chi connectivity index (χ4n) is 1.78. The maximum absolute atomic E-state index is 3.40.